The minimum absolute atomic E-state index is 0.124. The highest BCUT2D eigenvalue weighted by atomic mass is 35.5. The first-order valence-electron chi connectivity index (χ1n) is 24.4. The molecule has 0 fully saturated rings. The van der Waals surface area contributed by atoms with Gasteiger partial charge in [0.1, 0.15) is 29.8 Å². The van der Waals surface area contributed by atoms with Gasteiger partial charge in [-0.1, -0.05) is 84.6 Å². The standard InChI is InChI=1S/C26H24N2O.C22H30Cl2N10.C6H12O7/c1-19-23-15-17-28(16-14-20-8-4-2-5-9-20)26(23)24-18-22(12-13-25(24)27-19)29-21-10-6-3-7-11-21;23-15-5-9-17(10-6-15)31-21(27)33-19(25)29-13-3-1-2-4-14-30-20(26)34-22(28)32-18-11-7-16(24)8-12-18;7-1-2(8)3(9)4(10)5(11)6(12)13/h2-13,18H,14-17H2,1H3;5-12H,1-4,13-14H2,(H5,25,27,29,31,33)(H5,26,28,30,32,34);2-5,7-11H,1H2,(H,12,13)/t;;2-,3-,4+,5-/m..1/s1. The topological polar surface area (TPSA) is 341 Å². The Morgan fingerprint density at radius 2 is 1.24 bits per heavy atom. The molecule has 0 saturated heterocycles. The quantitative estimate of drug-likeness (QED) is 0.0260. The van der Waals surface area contributed by atoms with Crippen molar-refractivity contribution in [2.24, 2.45) is 42.9 Å². The number of nitrogens with one attached hydrogen (secondary N) is 2. The van der Waals surface area contributed by atoms with Crippen molar-refractivity contribution in [3.63, 3.8) is 0 Å². The van der Waals surface area contributed by atoms with Crippen molar-refractivity contribution >= 4 is 81.0 Å². The number of nitrogens with zero attached hydrogens (tertiary/aromatic N) is 6. The molecule has 5 aromatic carbocycles. The fourth-order valence-corrected chi connectivity index (χ4v) is 7.84. The number of guanidine groups is 4. The number of hydrogen-bond acceptors (Lipinski definition) is 11. The maximum atomic E-state index is 10.1. The highest BCUT2D eigenvalue weighted by Crippen LogP contribution is 2.39. The Hall–Kier alpha value is -7.56. The highest BCUT2D eigenvalue weighted by molar-refractivity contribution is 6.31. The number of aliphatic hydroxyl groups excluding tert-OH is 5. The number of nitrogens with two attached hydrogens (primary N) is 4. The zero-order valence-electron chi connectivity index (χ0n) is 42.0. The maximum absolute atomic E-state index is 10.1. The summed E-state index contributed by atoms with van der Waals surface area (Å²) in [6.07, 6.45) is -2.05. The van der Waals surface area contributed by atoms with E-state index in [-0.39, 0.29) is 23.8 Å². The minimum Gasteiger partial charge on any atom is -0.479 e. The molecule has 76 heavy (non-hydrogen) atoms. The largest absolute Gasteiger partial charge is 0.479 e. The molecule has 1 aliphatic heterocycles. The van der Waals surface area contributed by atoms with Gasteiger partial charge < -0.3 is 73.8 Å². The molecule has 22 heteroatoms. The van der Waals surface area contributed by atoms with E-state index in [0.717, 1.165) is 85.7 Å². The fraction of sp³-hybridized carbons (Fsp3) is 0.296. The van der Waals surface area contributed by atoms with Crippen LogP contribution in [-0.2, 0) is 17.6 Å². The molecule has 404 valence electrons. The number of halogens is 2. The van der Waals surface area contributed by atoms with Crippen molar-refractivity contribution in [2.45, 2.75) is 69.9 Å². The molecule has 0 radical (unpaired) electrons. The van der Waals surface area contributed by atoms with Crippen molar-refractivity contribution in [3.05, 3.63) is 154 Å². The van der Waals surface area contributed by atoms with Crippen LogP contribution >= 0.6 is 23.2 Å². The van der Waals surface area contributed by atoms with Gasteiger partial charge in [-0.3, -0.25) is 15.0 Å². The Morgan fingerprint density at radius 3 is 1.75 bits per heavy atom. The molecule has 0 saturated carbocycles. The monoisotopic (exact) mass is 1080 g/mol. The van der Waals surface area contributed by atoms with Crippen molar-refractivity contribution in [1.29, 1.82) is 0 Å². The Labute approximate surface area is 451 Å². The second kappa shape index (κ2) is 30.7. The zero-order chi connectivity index (χ0) is 55.0. The van der Waals surface area contributed by atoms with E-state index in [1.807, 2.05) is 36.4 Å². The van der Waals surface area contributed by atoms with Crippen molar-refractivity contribution < 1.29 is 40.2 Å². The van der Waals surface area contributed by atoms with Gasteiger partial charge in [0.15, 0.2) is 6.10 Å². The average Bonchev–Trinajstić information content (AvgIpc) is 3.85. The van der Waals surface area contributed by atoms with Crippen LogP contribution in [0.4, 0.5) is 17.1 Å². The highest BCUT2D eigenvalue weighted by Gasteiger charge is 2.34. The zero-order valence-corrected chi connectivity index (χ0v) is 43.5. The number of unbranched alkanes of at least 4 members (excludes halogenated alkanes) is 3. The number of carboxylic acids is 1. The summed E-state index contributed by atoms with van der Waals surface area (Å²) in [5.41, 5.74) is 31.0. The van der Waals surface area contributed by atoms with E-state index in [0.29, 0.717) is 23.1 Å². The van der Waals surface area contributed by atoms with Crippen LogP contribution in [0.5, 0.6) is 11.5 Å². The van der Waals surface area contributed by atoms with Crippen molar-refractivity contribution in [3.8, 4) is 11.5 Å². The van der Waals surface area contributed by atoms with Gasteiger partial charge in [0, 0.05) is 58.7 Å². The van der Waals surface area contributed by atoms with Crippen LogP contribution in [-0.4, -0.2) is 123 Å². The number of para-hydroxylation sites is 1. The Bertz CT molecular complexity index is 2800. The molecule has 6 aromatic rings. The van der Waals surface area contributed by atoms with E-state index in [1.54, 1.807) is 48.5 Å². The van der Waals surface area contributed by atoms with E-state index in [2.05, 4.69) is 84.9 Å². The summed E-state index contributed by atoms with van der Waals surface area (Å²) in [5.74, 6) is 0.544. The van der Waals surface area contributed by atoms with Crippen LogP contribution in [0, 0.1) is 6.92 Å². The number of benzene rings is 5. The van der Waals surface area contributed by atoms with Gasteiger partial charge in [0.2, 0.25) is 23.8 Å². The van der Waals surface area contributed by atoms with Gasteiger partial charge >= 0.3 is 5.97 Å². The molecule has 16 N–H and O–H groups in total. The summed E-state index contributed by atoms with van der Waals surface area (Å²) in [5, 5.41) is 60.1. The van der Waals surface area contributed by atoms with Gasteiger partial charge in [0.25, 0.3) is 0 Å². The molecule has 0 aliphatic carbocycles. The number of carboxylic acid groups (broad SMARTS) is 1. The van der Waals surface area contributed by atoms with Gasteiger partial charge in [-0.15, -0.1) is 0 Å². The van der Waals surface area contributed by atoms with E-state index in [1.165, 1.54) is 22.2 Å². The third-order valence-corrected chi connectivity index (χ3v) is 12.0. The number of aryl methyl sites for hydroxylation is 1. The molecule has 0 spiro atoms. The van der Waals surface area contributed by atoms with Crippen LogP contribution in [0.15, 0.2) is 147 Å². The number of pyridine rings is 1. The third-order valence-electron chi connectivity index (χ3n) is 11.5. The number of aliphatic imine (C=N–C) groups is 4. The summed E-state index contributed by atoms with van der Waals surface area (Å²) >= 11 is 11.7. The molecule has 4 atom stereocenters. The lowest BCUT2D eigenvalue weighted by Crippen LogP contribution is -2.48. The summed E-state index contributed by atoms with van der Waals surface area (Å²) in [6.45, 7) is 4.48. The number of aromatic nitrogens is 1. The summed E-state index contributed by atoms with van der Waals surface area (Å²) in [6, 6.07) is 41.0. The SMILES string of the molecule is Cc1nc2ccc(Oc3ccccc3)cc2c2c1CCN2CCc1ccccc1.NC(=NCCCCCCN=C(N)N=C(N)Nc1ccc(Cl)cc1)N=C(N)Nc1ccc(Cl)cc1.O=C(O)[C@H](O)[C@@H](O)[C@H](O)[C@H](O)CO. The molecule has 0 amide bonds. The van der Waals surface area contributed by atoms with Crippen LogP contribution in [0.2, 0.25) is 10.0 Å². The number of hydrogen-bond donors (Lipinski definition) is 12. The molecule has 1 aliphatic rings. The lowest BCUT2D eigenvalue weighted by atomic mass is 10.0. The Balaban J connectivity index is 0.000000230. The van der Waals surface area contributed by atoms with E-state index < -0.39 is 37.0 Å². The predicted molar refractivity (Wildman–Crippen MR) is 303 cm³/mol. The van der Waals surface area contributed by atoms with Crippen molar-refractivity contribution in [2.75, 3.05) is 48.3 Å². The maximum Gasteiger partial charge on any atom is 0.335 e. The molecule has 1 aromatic heterocycles. The Morgan fingerprint density at radius 1 is 0.711 bits per heavy atom. The number of aliphatic carboxylic acids is 1. The molecule has 0 unspecified atom stereocenters. The second-order valence-electron chi connectivity index (χ2n) is 17.3. The van der Waals surface area contributed by atoms with Crippen LogP contribution in [0.3, 0.4) is 0 Å². The van der Waals surface area contributed by atoms with Gasteiger partial charge in [-0.05, 0) is 123 Å². The van der Waals surface area contributed by atoms with Crippen LogP contribution in [0.25, 0.3) is 10.9 Å². The fourth-order valence-electron chi connectivity index (χ4n) is 7.59. The van der Waals surface area contributed by atoms with E-state index in [9.17, 15) is 4.79 Å². The number of anilines is 3. The number of ether oxygens (including phenoxy) is 1. The van der Waals surface area contributed by atoms with Crippen LogP contribution < -0.4 is 43.2 Å². The summed E-state index contributed by atoms with van der Waals surface area (Å²) in [4.78, 5) is 34.0. The van der Waals surface area contributed by atoms with E-state index >= 15 is 0 Å². The number of aliphatic hydroxyl groups is 5. The van der Waals surface area contributed by atoms with E-state index in [4.69, 9.17) is 86.5 Å². The van der Waals surface area contributed by atoms with Gasteiger partial charge in [-0.2, -0.15) is 9.98 Å². The number of fused-ring (bicyclic) bond motifs is 3. The van der Waals surface area contributed by atoms with Gasteiger partial charge in [-0.25, -0.2) is 4.79 Å². The summed E-state index contributed by atoms with van der Waals surface area (Å²) in [7, 11) is 0. The molecular weight excluding hydrogens is 1020 g/mol. The lowest BCUT2D eigenvalue weighted by Gasteiger charge is -2.23. The lowest BCUT2D eigenvalue weighted by molar-refractivity contribution is -0.164. The average molecular weight is 1080 g/mol. The predicted octanol–water partition coefficient (Wildman–Crippen LogP) is 5.78. The first-order valence-corrected chi connectivity index (χ1v) is 25.1. The normalized spacial score (nSPS) is 14.3. The smallest absolute Gasteiger partial charge is 0.335 e. The number of carbonyl (C=O) groups is 1. The molecule has 0 bridgehead atoms. The Kier molecular flexibility index (Phi) is 24.0. The minimum atomic E-state index is -2.20. The number of rotatable bonds is 19. The second-order valence-corrected chi connectivity index (χ2v) is 18.1. The van der Waals surface area contributed by atoms with Crippen LogP contribution in [0.1, 0.15) is 42.5 Å². The first kappa shape index (κ1) is 59.3. The molecule has 7 rings (SSSR count). The van der Waals surface area contributed by atoms with Crippen molar-refractivity contribution in [1.82, 2.24) is 4.98 Å². The van der Waals surface area contributed by atoms with Gasteiger partial charge in [0.05, 0.1) is 17.8 Å². The summed E-state index contributed by atoms with van der Waals surface area (Å²) < 4.78 is 6.09. The molecule has 2 heterocycles. The third kappa shape index (κ3) is 19.6. The molecule has 20 nitrogen and oxygen atoms in total. The molecular formula is C54H66Cl2N12O8. The first-order chi connectivity index (χ1) is 36.5.